The molecule has 7 nitrogen and oxygen atoms in total. The van der Waals surface area contributed by atoms with Crippen LogP contribution in [0.15, 0.2) is 28.4 Å². The Morgan fingerprint density at radius 1 is 1.37 bits per heavy atom. The lowest BCUT2D eigenvalue weighted by atomic mass is 10.2. The fourth-order valence-electron chi connectivity index (χ4n) is 2.67. The molecular weight excluding hydrogens is 390 g/mol. The highest BCUT2D eigenvalue weighted by Crippen LogP contribution is 2.22. The summed E-state index contributed by atoms with van der Waals surface area (Å²) in [6.45, 7) is 3.39. The molecular formula is C18H16ClN3O4S. The summed E-state index contributed by atoms with van der Waals surface area (Å²) in [7, 11) is 0. The number of anilines is 1. The highest BCUT2D eigenvalue weighted by molar-refractivity contribution is 7.17. The number of carboxylic acids is 1. The highest BCUT2D eigenvalue weighted by Gasteiger charge is 2.20. The van der Waals surface area contributed by atoms with E-state index in [1.54, 1.807) is 18.2 Å². The Labute approximate surface area is 163 Å². The quantitative estimate of drug-likeness (QED) is 0.678. The number of hydrogen-bond acceptors (Lipinski definition) is 5. The number of hydrogen-bond donors (Lipinski definition) is 2. The number of aromatic carboxylic acids is 1. The molecule has 0 aliphatic carbocycles. The monoisotopic (exact) mass is 405 g/mol. The molecule has 0 bridgehead atoms. The number of carboxylic acid groups (broad SMARTS) is 1. The van der Waals surface area contributed by atoms with E-state index in [-0.39, 0.29) is 17.5 Å². The molecule has 0 saturated carbocycles. The van der Waals surface area contributed by atoms with Crippen molar-refractivity contribution in [3.05, 3.63) is 55.9 Å². The molecule has 0 radical (unpaired) electrons. The topological polar surface area (TPSA) is 101 Å². The molecule has 0 unspecified atom stereocenters. The van der Waals surface area contributed by atoms with Crippen molar-refractivity contribution in [1.29, 1.82) is 0 Å². The third kappa shape index (κ3) is 3.72. The normalized spacial score (nSPS) is 10.9. The molecule has 0 fully saturated rings. The van der Waals surface area contributed by atoms with Crippen LogP contribution >= 0.6 is 22.9 Å². The Kier molecular flexibility index (Phi) is 5.29. The number of aromatic nitrogens is 2. The van der Waals surface area contributed by atoms with E-state index in [4.69, 9.17) is 11.6 Å². The van der Waals surface area contributed by atoms with Gasteiger partial charge in [0, 0.05) is 22.5 Å². The number of thiophene rings is 1. The molecule has 140 valence electrons. The molecule has 27 heavy (non-hydrogen) atoms. The highest BCUT2D eigenvalue weighted by atomic mass is 35.5. The number of carbonyl (C=O) groups excluding carboxylic acids is 1. The van der Waals surface area contributed by atoms with Crippen molar-refractivity contribution in [2.75, 3.05) is 5.32 Å². The predicted octanol–water partition coefficient (Wildman–Crippen LogP) is 3.32. The smallest absolute Gasteiger partial charge is 0.337 e. The number of aryl methyl sites for hydroxylation is 2. The molecule has 1 aromatic carbocycles. The van der Waals surface area contributed by atoms with Gasteiger partial charge in [-0.05, 0) is 24.6 Å². The maximum absolute atomic E-state index is 12.8. The van der Waals surface area contributed by atoms with Gasteiger partial charge in [-0.3, -0.25) is 14.2 Å². The molecule has 2 aromatic heterocycles. The van der Waals surface area contributed by atoms with Gasteiger partial charge >= 0.3 is 5.97 Å². The summed E-state index contributed by atoms with van der Waals surface area (Å²) < 4.78 is 1.21. The third-order valence-corrected chi connectivity index (χ3v) is 5.36. The predicted molar refractivity (Wildman–Crippen MR) is 105 cm³/mol. The van der Waals surface area contributed by atoms with Crippen LogP contribution in [0.3, 0.4) is 0 Å². The molecule has 9 heteroatoms. The van der Waals surface area contributed by atoms with Crippen molar-refractivity contribution in [2.45, 2.75) is 26.8 Å². The SMILES string of the molecule is CCc1nc2scc(C(=O)O)c2c(=O)n1CC(=O)Nc1ccc(C)c(Cl)c1. The van der Waals surface area contributed by atoms with Crippen LogP contribution in [0.25, 0.3) is 10.2 Å². The van der Waals surface area contributed by atoms with E-state index in [9.17, 15) is 19.5 Å². The van der Waals surface area contributed by atoms with Crippen molar-refractivity contribution >= 4 is 50.7 Å². The van der Waals surface area contributed by atoms with Crippen LogP contribution in [0.1, 0.15) is 28.7 Å². The number of benzene rings is 1. The van der Waals surface area contributed by atoms with Crippen LogP contribution in [0.5, 0.6) is 0 Å². The van der Waals surface area contributed by atoms with Crippen LogP contribution in [0, 0.1) is 6.92 Å². The first-order valence-corrected chi connectivity index (χ1v) is 9.37. The lowest BCUT2D eigenvalue weighted by Gasteiger charge is -2.12. The summed E-state index contributed by atoms with van der Waals surface area (Å²) in [5.74, 6) is -1.21. The number of nitrogens with one attached hydrogen (secondary N) is 1. The molecule has 0 saturated heterocycles. The molecule has 1 amide bonds. The second-order valence-electron chi connectivity index (χ2n) is 5.92. The van der Waals surface area contributed by atoms with Gasteiger partial charge in [-0.25, -0.2) is 9.78 Å². The largest absolute Gasteiger partial charge is 0.478 e. The summed E-state index contributed by atoms with van der Waals surface area (Å²) in [4.78, 5) is 41.4. The Bertz CT molecular complexity index is 1120. The summed E-state index contributed by atoms with van der Waals surface area (Å²) in [6.07, 6.45) is 0.426. The number of carbonyl (C=O) groups is 2. The summed E-state index contributed by atoms with van der Waals surface area (Å²) in [5.41, 5.74) is 0.757. The zero-order chi connectivity index (χ0) is 19.7. The van der Waals surface area contributed by atoms with Crippen LogP contribution in [0.4, 0.5) is 5.69 Å². The number of amides is 1. The summed E-state index contributed by atoms with van der Waals surface area (Å²) in [5, 5.41) is 13.9. The van der Waals surface area contributed by atoms with Crippen molar-refractivity contribution in [3.8, 4) is 0 Å². The van der Waals surface area contributed by atoms with Gasteiger partial charge in [-0.1, -0.05) is 24.6 Å². The van der Waals surface area contributed by atoms with E-state index in [0.29, 0.717) is 27.8 Å². The first-order valence-electron chi connectivity index (χ1n) is 8.12. The maximum atomic E-state index is 12.8. The van der Waals surface area contributed by atoms with E-state index in [2.05, 4.69) is 10.3 Å². The number of halogens is 1. The standard InChI is InChI=1S/C18H16ClN3O4S/c1-3-13-21-16-15(11(8-27-16)18(25)26)17(24)22(13)7-14(23)20-10-5-4-9(2)12(19)6-10/h4-6,8H,3,7H2,1-2H3,(H,20,23)(H,25,26). The molecule has 2 heterocycles. The van der Waals surface area contributed by atoms with Crippen LogP contribution < -0.4 is 10.9 Å². The van der Waals surface area contributed by atoms with E-state index in [0.717, 1.165) is 16.9 Å². The second kappa shape index (κ2) is 7.50. The number of fused-ring (bicyclic) bond motifs is 1. The van der Waals surface area contributed by atoms with E-state index >= 15 is 0 Å². The van der Waals surface area contributed by atoms with Gasteiger partial charge < -0.3 is 10.4 Å². The van der Waals surface area contributed by atoms with Gasteiger partial charge in [0.25, 0.3) is 5.56 Å². The first-order chi connectivity index (χ1) is 12.8. The number of nitrogens with zero attached hydrogens (tertiary/aromatic N) is 2. The molecule has 0 atom stereocenters. The zero-order valence-corrected chi connectivity index (χ0v) is 16.1. The van der Waals surface area contributed by atoms with Crippen molar-refractivity contribution in [1.82, 2.24) is 9.55 Å². The first kappa shape index (κ1) is 19.1. The van der Waals surface area contributed by atoms with E-state index in [1.807, 2.05) is 13.8 Å². The zero-order valence-electron chi connectivity index (χ0n) is 14.6. The van der Waals surface area contributed by atoms with Gasteiger partial charge in [0.2, 0.25) is 5.91 Å². The lowest BCUT2D eigenvalue weighted by molar-refractivity contribution is -0.116. The minimum absolute atomic E-state index is 0.0240. The van der Waals surface area contributed by atoms with Crippen LogP contribution in [-0.2, 0) is 17.8 Å². The number of rotatable bonds is 5. The Morgan fingerprint density at radius 2 is 2.11 bits per heavy atom. The van der Waals surface area contributed by atoms with E-state index < -0.39 is 17.4 Å². The van der Waals surface area contributed by atoms with Gasteiger partial charge in [0.15, 0.2) is 0 Å². The minimum Gasteiger partial charge on any atom is -0.478 e. The van der Waals surface area contributed by atoms with Crippen molar-refractivity contribution in [3.63, 3.8) is 0 Å². The average Bonchev–Trinajstić information content (AvgIpc) is 3.05. The van der Waals surface area contributed by atoms with Crippen molar-refractivity contribution in [2.24, 2.45) is 0 Å². The second-order valence-corrected chi connectivity index (χ2v) is 7.19. The molecule has 2 N–H and O–H groups in total. The van der Waals surface area contributed by atoms with Crippen LogP contribution in [0.2, 0.25) is 5.02 Å². The Hall–Kier alpha value is -2.71. The Morgan fingerprint density at radius 3 is 2.74 bits per heavy atom. The van der Waals surface area contributed by atoms with Gasteiger partial charge in [0.1, 0.15) is 17.2 Å². The molecule has 0 spiro atoms. The third-order valence-electron chi connectivity index (χ3n) is 4.08. The van der Waals surface area contributed by atoms with Gasteiger partial charge in [0.05, 0.1) is 10.9 Å². The van der Waals surface area contributed by atoms with E-state index in [1.165, 1.54) is 9.95 Å². The molecule has 0 aliphatic rings. The van der Waals surface area contributed by atoms with Crippen molar-refractivity contribution < 1.29 is 14.7 Å². The van der Waals surface area contributed by atoms with Crippen LogP contribution in [-0.4, -0.2) is 26.5 Å². The fourth-order valence-corrected chi connectivity index (χ4v) is 3.77. The fraction of sp³-hybridized carbons (Fsp3) is 0.222. The minimum atomic E-state index is -1.20. The molecule has 0 aliphatic heterocycles. The molecule has 3 aromatic rings. The Balaban J connectivity index is 1.97. The summed E-state index contributed by atoms with van der Waals surface area (Å²) >= 11 is 7.16. The van der Waals surface area contributed by atoms with Gasteiger partial charge in [-0.15, -0.1) is 11.3 Å². The molecule has 3 rings (SSSR count). The van der Waals surface area contributed by atoms with Gasteiger partial charge in [-0.2, -0.15) is 0 Å². The summed E-state index contributed by atoms with van der Waals surface area (Å²) in [6, 6.07) is 5.12. The maximum Gasteiger partial charge on any atom is 0.337 e. The average molecular weight is 406 g/mol. The lowest BCUT2D eigenvalue weighted by Crippen LogP contribution is -2.31.